The molecule has 0 saturated heterocycles. The first-order valence-electron chi connectivity index (χ1n) is 7.48. The number of aromatic nitrogens is 1. The van der Waals surface area contributed by atoms with Gasteiger partial charge in [-0.2, -0.15) is 0 Å². The highest BCUT2D eigenvalue weighted by Gasteiger charge is 2.12. The molecule has 0 aliphatic rings. The Balaban J connectivity index is 2.23. The number of methoxy groups -OCH3 is 2. The van der Waals surface area contributed by atoms with Gasteiger partial charge in [-0.3, -0.25) is 0 Å². The minimum Gasteiger partial charge on any atom is -0.497 e. The monoisotopic (exact) mass is 309 g/mol. The molecule has 0 fully saturated rings. The summed E-state index contributed by atoms with van der Waals surface area (Å²) in [6.45, 7) is 0.0999. The van der Waals surface area contributed by atoms with Crippen molar-refractivity contribution in [2.45, 2.75) is 6.42 Å². The molecule has 4 nitrogen and oxygen atoms in total. The Labute approximate surface area is 135 Å². The van der Waals surface area contributed by atoms with Crippen molar-refractivity contribution >= 4 is 10.9 Å². The average Bonchev–Trinajstić information content (AvgIpc) is 2.61. The molecule has 0 spiro atoms. The summed E-state index contributed by atoms with van der Waals surface area (Å²) in [5.41, 5.74) is 3.65. The van der Waals surface area contributed by atoms with Gasteiger partial charge in [0, 0.05) is 17.6 Å². The van der Waals surface area contributed by atoms with Gasteiger partial charge in [-0.15, -0.1) is 0 Å². The van der Waals surface area contributed by atoms with E-state index >= 15 is 0 Å². The number of benzene rings is 2. The van der Waals surface area contributed by atoms with Crippen molar-refractivity contribution in [2.24, 2.45) is 0 Å². The lowest BCUT2D eigenvalue weighted by Gasteiger charge is -2.13. The van der Waals surface area contributed by atoms with Crippen LogP contribution >= 0.6 is 0 Å². The maximum Gasteiger partial charge on any atom is 0.128 e. The predicted molar refractivity (Wildman–Crippen MR) is 91.1 cm³/mol. The summed E-state index contributed by atoms with van der Waals surface area (Å²) < 4.78 is 10.8. The normalized spacial score (nSPS) is 10.7. The van der Waals surface area contributed by atoms with E-state index in [1.54, 1.807) is 14.2 Å². The largest absolute Gasteiger partial charge is 0.497 e. The molecular weight excluding hydrogens is 290 g/mol. The molecule has 3 aromatic rings. The first-order chi connectivity index (χ1) is 11.3. The molecule has 0 amide bonds. The second-order valence-corrected chi connectivity index (χ2v) is 5.22. The molecule has 1 N–H and O–H groups in total. The summed E-state index contributed by atoms with van der Waals surface area (Å²) in [5.74, 6) is 1.49. The lowest BCUT2D eigenvalue weighted by molar-refractivity contribution is 0.300. The number of ether oxygens (including phenoxy) is 2. The zero-order valence-electron chi connectivity index (χ0n) is 13.2. The van der Waals surface area contributed by atoms with Crippen molar-refractivity contribution in [3.05, 3.63) is 54.1 Å². The third-order valence-electron chi connectivity index (χ3n) is 3.87. The van der Waals surface area contributed by atoms with Crippen molar-refractivity contribution in [1.82, 2.24) is 4.98 Å². The van der Waals surface area contributed by atoms with Crippen molar-refractivity contribution in [3.8, 4) is 22.8 Å². The van der Waals surface area contributed by atoms with E-state index in [0.717, 1.165) is 39.2 Å². The highest BCUT2D eigenvalue weighted by molar-refractivity contribution is 5.86. The maximum atomic E-state index is 9.36. The van der Waals surface area contributed by atoms with Crippen molar-refractivity contribution in [3.63, 3.8) is 0 Å². The summed E-state index contributed by atoms with van der Waals surface area (Å²) in [6.07, 6.45) is 0.586. The second kappa shape index (κ2) is 6.67. The molecule has 118 valence electrons. The fraction of sp³-hybridized carbons (Fsp3) is 0.211. The van der Waals surface area contributed by atoms with Gasteiger partial charge in [0.05, 0.1) is 25.4 Å². The molecule has 0 saturated carbocycles. The quantitative estimate of drug-likeness (QED) is 0.784. The smallest absolute Gasteiger partial charge is 0.128 e. The van der Waals surface area contributed by atoms with Crippen LogP contribution in [0.15, 0.2) is 48.5 Å². The van der Waals surface area contributed by atoms with E-state index in [1.165, 1.54) is 0 Å². The van der Waals surface area contributed by atoms with Crippen LogP contribution in [-0.4, -0.2) is 30.9 Å². The van der Waals surface area contributed by atoms with Crippen LogP contribution in [0.2, 0.25) is 0 Å². The number of pyridine rings is 1. The average molecular weight is 309 g/mol. The minimum absolute atomic E-state index is 0.0999. The van der Waals surface area contributed by atoms with Crippen LogP contribution in [0.5, 0.6) is 11.5 Å². The standard InChI is InChI=1S/C19H19NO3/c1-22-14-7-8-19(23-2)16(12-14)18-11-13(9-10-21)15-5-3-4-6-17(15)20-18/h3-8,11-12,21H,9-10H2,1-2H3. The molecule has 0 radical (unpaired) electrons. The van der Waals surface area contributed by atoms with Crippen LogP contribution in [0.3, 0.4) is 0 Å². The fourth-order valence-electron chi connectivity index (χ4n) is 2.73. The van der Waals surface area contributed by atoms with Crippen molar-refractivity contribution < 1.29 is 14.6 Å². The van der Waals surface area contributed by atoms with E-state index in [9.17, 15) is 5.11 Å². The maximum absolute atomic E-state index is 9.36. The number of fused-ring (bicyclic) bond motifs is 1. The molecule has 0 aliphatic heterocycles. The van der Waals surface area contributed by atoms with E-state index in [-0.39, 0.29) is 6.61 Å². The molecule has 23 heavy (non-hydrogen) atoms. The van der Waals surface area contributed by atoms with Gasteiger partial charge in [0.25, 0.3) is 0 Å². The minimum atomic E-state index is 0.0999. The SMILES string of the molecule is COc1ccc(OC)c(-c2cc(CCO)c3ccccc3n2)c1. The van der Waals surface area contributed by atoms with Gasteiger partial charge in [0.1, 0.15) is 11.5 Å². The number of rotatable bonds is 5. The van der Waals surface area contributed by atoms with Gasteiger partial charge in [-0.05, 0) is 42.3 Å². The fourth-order valence-corrected chi connectivity index (χ4v) is 2.73. The highest BCUT2D eigenvalue weighted by atomic mass is 16.5. The zero-order chi connectivity index (χ0) is 16.2. The second-order valence-electron chi connectivity index (χ2n) is 5.22. The van der Waals surface area contributed by atoms with E-state index in [2.05, 4.69) is 0 Å². The number of para-hydroxylation sites is 1. The van der Waals surface area contributed by atoms with Gasteiger partial charge >= 0.3 is 0 Å². The molecule has 1 aromatic heterocycles. The Kier molecular flexibility index (Phi) is 4.44. The lowest BCUT2D eigenvalue weighted by atomic mass is 10.0. The molecule has 4 heteroatoms. The van der Waals surface area contributed by atoms with E-state index in [4.69, 9.17) is 14.5 Å². The molecule has 0 bridgehead atoms. The van der Waals surface area contributed by atoms with Crippen LogP contribution < -0.4 is 9.47 Å². The summed E-state index contributed by atoms with van der Waals surface area (Å²) in [5, 5.41) is 10.4. The first kappa shape index (κ1) is 15.3. The molecule has 2 aromatic carbocycles. The number of aliphatic hydroxyl groups is 1. The number of hydrogen-bond acceptors (Lipinski definition) is 4. The van der Waals surface area contributed by atoms with Crippen molar-refractivity contribution in [1.29, 1.82) is 0 Å². The van der Waals surface area contributed by atoms with Gasteiger partial charge in [0.2, 0.25) is 0 Å². The third-order valence-corrected chi connectivity index (χ3v) is 3.87. The molecule has 3 rings (SSSR count). The van der Waals surface area contributed by atoms with Gasteiger partial charge in [-0.1, -0.05) is 18.2 Å². The molecule has 1 heterocycles. The van der Waals surface area contributed by atoms with Crippen LogP contribution in [0.25, 0.3) is 22.2 Å². The summed E-state index contributed by atoms with van der Waals surface area (Å²) in [7, 11) is 3.28. The summed E-state index contributed by atoms with van der Waals surface area (Å²) in [6, 6.07) is 15.6. The Morgan fingerprint density at radius 3 is 2.57 bits per heavy atom. The number of aliphatic hydroxyl groups excluding tert-OH is 1. The third kappa shape index (κ3) is 2.98. The molecule has 0 aliphatic carbocycles. The predicted octanol–water partition coefficient (Wildman–Crippen LogP) is 3.45. The number of nitrogens with zero attached hydrogens (tertiary/aromatic N) is 1. The first-order valence-corrected chi connectivity index (χ1v) is 7.48. The Bertz CT molecular complexity index is 830. The molecule has 0 atom stereocenters. The zero-order valence-corrected chi connectivity index (χ0v) is 13.2. The van der Waals surface area contributed by atoms with Crippen LogP contribution in [0, 0.1) is 0 Å². The van der Waals surface area contributed by atoms with Crippen LogP contribution in [0.4, 0.5) is 0 Å². The molecular formula is C19H19NO3. The van der Waals surface area contributed by atoms with Crippen LogP contribution in [0.1, 0.15) is 5.56 Å². The molecule has 0 unspecified atom stereocenters. The Hall–Kier alpha value is -2.59. The van der Waals surface area contributed by atoms with Gasteiger partial charge < -0.3 is 14.6 Å². The summed E-state index contributed by atoms with van der Waals surface area (Å²) in [4.78, 5) is 4.76. The van der Waals surface area contributed by atoms with Crippen molar-refractivity contribution in [2.75, 3.05) is 20.8 Å². The Morgan fingerprint density at radius 2 is 1.83 bits per heavy atom. The van der Waals surface area contributed by atoms with E-state index < -0.39 is 0 Å². The highest BCUT2D eigenvalue weighted by Crippen LogP contribution is 2.34. The summed E-state index contributed by atoms with van der Waals surface area (Å²) >= 11 is 0. The topological polar surface area (TPSA) is 51.6 Å². The lowest BCUT2D eigenvalue weighted by Crippen LogP contribution is -1.97. The van der Waals surface area contributed by atoms with E-state index in [1.807, 2.05) is 48.5 Å². The van der Waals surface area contributed by atoms with Crippen LogP contribution in [-0.2, 0) is 6.42 Å². The van der Waals surface area contributed by atoms with E-state index in [0.29, 0.717) is 6.42 Å². The van der Waals surface area contributed by atoms with Gasteiger partial charge in [0.15, 0.2) is 0 Å². The van der Waals surface area contributed by atoms with Gasteiger partial charge in [-0.25, -0.2) is 4.98 Å². The Morgan fingerprint density at radius 1 is 1.00 bits per heavy atom. The number of hydrogen-bond donors (Lipinski definition) is 1.